The Morgan fingerprint density at radius 2 is 1.62 bits per heavy atom. The number of likely N-dealkylation sites (tertiary alicyclic amines) is 1. The normalized spacial score (nSPS) is 25.7. The first-order valence-corrected chi connectivity index (χ1v) is 24.8. The van der Waals surface area contributed by atoms with Gasteiger partial charge in [-0.25, -0.2) is 0 Å². The first-order valence-electron chi connectivity index (χ1n) is 21.5. The minimum atomic E-state index is -3.89. The van der Waals surface area contributed by atoms with E-state index >= 15 is 0 Å². The summed E-state index contributed by atoms with van der Waals surface area (Å²) in [5.41, 5.74) is 1.26. The van der Waals surface area contributed by atoms with E-state index < -0.39 is 42.8 Å². The van der Waals surface area contributed by atoms with E-state index in [0.29, 0.717) is 11.5 Å². The summed E-state index contributed by atoms with van der Waals surface area (Å²) >= 11 is 1.41. The zero-order valence-electron chi connectivity index (χ0n) is 35.9. The van der Waals surface area contributed by atoms with Gasteiger partial charge in [0.25, 0.3) is 0 Å². The number of imidazole rings is 1. The Hall–Kier alpha value is -4.42. The third-order valence-electron chi connectivity index (χ3n) is 12.3. The fraction of sp³-hybridized carbons (Fsp3) is 0.467. The van der Waals surface area contributed by atoms with Crippen molar-refractivity contribution < 1.29 is 42.4 Å². The van der Waals surface area contributed by atoms with E-state index in [4.69, 9.17) is 47.4 Å². The van der Waals surface area contributed by atoms with Crippen LogP contribution < -0.4 is 15.0 Å². The molecule has 0 unspecified atom stereocenters. The summed E-state index contributed by atoms with van der Waals surface area (Å²) in [4.78, 5) is 44.8. The summed E-state index contributed by atoms with van der Waals surface area (Å²) in [5.74, 6) is 2.38. The molecule has 1 aliphatic carbocycles. The Morgan fingerprint density at radius 3 is 2.27 bits per heavy atom. The average Bonchev–Trinajstić information content (AvgIpc) is 4.09. The molecule has 2 N–H and O–H groups in total. The molecule has 0 amide bonds. The molecule has 3 saturated heterocycles. The summed E-state index contributed by atoms with van der Waals surface area (Å²) in [6, 6.07) is 25.6. The van der Waals surface area contributed by atoms with Gasteiger partial charge in [-0.15, -0.1) is 0 Å². The third-order valence-corrected chi connectivity index (χ3v) is 17.0. The van der Waals surface area contributed by atoms with Gasteiger partial charge >= 0.3 is 372 Å². The third kappa shape index (κ3) is 8.87. The molecule has 0 bridgehead atoms. The van der Waals surface area contributed by atoms with Crippen LogP contribution in [0.15, 0.2) is 95.0 Å². The molecule has 9 rings (SSSR count). The van der Waals surface area contributed by atoms with Crippen LogP contribution in [0.25, 0.3) is 11.2 Å². The van der Waals surface area contributed by atoms with Crippen molar-refractivity contribution in [3.05, 3.63) is 112 Å². The van der Waals surface area contributed by atoms with Gasteiger partial charge in [0.05, 0.1) is 0 Å². The molecule has 18 heteroatoms. The fourth-order valence-electron chi connectivity index (χ4n) is 9.12. The van der Waals surface area contributed by atoms with Crippen molar-refractivity contribution in [2.75, 3.05) is 54.7 Å². The molecule has 4 fully saturated rings. The second kappa shape index (κ2) is 19.0. The molecule has 16 nitrogen and oxygen atoms in total. The number of methoxy groups -OCH3 is 3. The molecule has 2 aromatic heterocycles. The maximum absolute atomic E-state index is 13.5. The molecule has 3 aromatic carbocycles. The Labute approximate surface area is 370 Å². The van der Waals surface area contributed by atoms with Gasteiger partial charge in [-0.05, 0) is 0 Å². The molecule has 0 spiro atoms. The molecule has 63 heavy (non-hydrogen) atoms. The number of rotatable bonds is 16. The number of fused-ring (bicyclic) bond motifs is 2. The van der Waals surface area contributed by atoms with Gasteiger partial charge in [-0.1, -0.05) is 0 Å². The van der Waals surface area contributed by atoms with Crippen molar-refractivity contribution in [2.45, 2.75) is 80.0 Å². The number of H-pyrrole nitrogens is 1. The molecule has 336 valence electrons. The number of nitrogens with one attached hydrogen (secondary N) is 1. The Balaban J connectivity index is 1.15. The van der Waals surface area contributed by atoms with Crippen LogP contribution in [0.4, 0.5) is 5.95 Å². The van der Waals surface area contributed by atoms with Crippen LogP contribution in [0.3, 0.4) is 0 Å². The van der Waals surface area contributed by atoms with Crippen LogP contribution in [0, 0.1) is 0 Å². The second-order valence-corrected chi connectivity index (χ2v) is 20.8. The van der Waals surface area contributed by atoms with Crippen LogP contribution in [-0.4, -0.2) is 120 Å². The quantitative estimate of drug-likeness (QED) is 0.0609. The van der Waals surface area contributed by atoms with Crippen molar-refractivity contribution in [3.8, 4) is 11.5 Å². The molecule has 6 atom stereocenters. The van der Waals surface area contributed by atoms with E-state index in [2.05, 4.69) is 14.9 Å². The van der Waals surface area contributed by atoms with Crippen LogP contribution in [0.2, 0.25) is 0 Å². The molecule has 4 aliphatic rings. The molecule has 5 heterocycles. The molecule has 1 saturated carbocycles. The van der Waals surface area contributed by atoms with Crippen molar-refractivity contribution in [1.82, 2.24) is 24.4 Å². The second-order valence-electron chi connectivity index (χ2n) is 16.2. The van der Waals surface area contributed by atoms with Crippen molar-refractivity contribution in [3.63, 3.8) is 0 Å². The van der Waals surface area contributed by atoms with Crippen molar-refractivity contribution in [1.29, 1.82) is 0 Å². The Kier molecular flexibility index (Phi) is 13.2. The number of aromatic nitrogens is 4. The predicted octanol–water partition coefficient (Wildman–Crippen LogP) is 6.69. The number of ether oxygens (including phenoxy) is 6. The van der Waals surface area contributed by atoms with Gasteiger partial charge in [0.2, 0.25) is 0 Å². The van der Waals surface area contributed by atoms with Crippen LogP contribution >= 0.6 is 18.5 Å². The van der Waals surface area contributed by atoms with Crippen molar-refractivity contribution in [2.24, 2.45) is 4.99 Å². The zero-order valence-corrected chi connectivity index (χ0v) is 37.7. The SMILES string of the molecule is COCCO[C@@H]1[C@H](O[PH]2(O)O[C@@H]3CCCC[C@H]3S2)[C@@H](COC(c2ccccc2)(c2ccc(OC)cc2)c2ccc(OC)cc2)O[C@H]1n1cnc2c(=O)[nH]c(N=C3CCCN3C)nc21. The molecule has 3 aliphatic heterocycles. The standard InChI is InChI=1S/C45H55N6O10PS/c1-50-24-10-15-37(50)47-44-48-41-38(42(52)49-44)46-28-51(41)43-40(57-26-25-54-2)39(61-62(53)60-34-13-8-9-14-36(34)63-62)35(59-43)27-58-45(29-11-6-5-7-12-29,30-16-20-32(55-3)21-17-30)31-18-22-33(56-4)23-19-31/h5-7,11-12,16-23,28,34-36,39-40,43,53,62H,8-10,13-15,24-27H2,1-4H3,(H,48,49,52)/t34-,35-,36-,39-,40-,43-/m1/s1. The summed E-state index contributed by atoms with van der Waals surface area (Å²) < 4.78 is 52.8. The van der Waals surface area contributed by atoms with E-state index in [-0.39, 0.29) is 48.3 Å². The number of nitrogens with zero attached hydrogens (tertiary/aromatic N) is 5. The van der Waals surface area contributed by atoms with Crippen LogP contribution in [0.1, 0.15) is 61.4 Å². The number of hydrogen-bond donors (Lipinski definition) is 2. The molecule has 0 radical (unpaired) electrons. The summed E-state index contributed by atoms with van der Waals surface area (Å²) in [6.45, 7) is 1.27. The van der Waals surface area contributed by atoms with Gasteiger partial charge < -0.3 is 0 Å². The van der Waals surface area contributed by atoms with E-state index in [1.165, 1.54) is 17.7 Å². The predicted molar refractivity (Wildman–Crippen MR) is 241 cm³/mol. The average molecular weight is 903 g/mol. The van der Waals surface area contributed by atoms with Crippen LogP contribution in [0.5, 0.6) is 11.5 Å². The first-order chi connectivity index (χ1) is 30.7. The van der Waals surface area contributed by atoms with Gasteiger partial charge in [0.1, 0.15) is 0 Å². The first kappa shape index (κ1) is 43.8. The summed E-state index contributed by atoms with van der Waals surface area (Å²) in [7, 11) is 2.95. The Bertz CT molecular complexity index is 2360. The van der Waals surface area contributed by atoms with E-state index in [1.54, 1.807) is 25.9 Å². The van der Waals surface area contributed by atoms with E-state index in [9.17, 15) is 9.69 Å². The van der Waals surface area contributed by atoms with Crippen LogP contribution in [-0.2, 0) is 33.6 Å². The van der Waals surface area contributed by atoms with E-state index in [1.807, 2.05) is 85.9 Å². The molecular weight excluding hydrogens is 848 g/mol. The topological polar surface area (TPSA) is 173 Å². The summed E-state index contributed by atoms with van der Waals surface area (Å²) in [5, 5.41) is 0.124. The number of aromatic amines is 1. The number of amidine groups is 1. The molecule has 5 aromatic rings. The van der Waals surface area contributed by atoms with Gasteiger partial charge in [0, 0.05) is 0 Å². The van der Waals surface area contributed by atoms with Crippen molar-refractivity contribution >= 4 is 41.5 Å². The summed E-state index contributed by atoms with van der Waals surface area (Å²) in [6.07, 6.45) is 3.41. The van der Waals surface area contributed by atoms with Gasteiger partial charge in [0.15, 0.2) is 0 Å². The Morgan fingerprint density at radius 1 is 0.921 bits per heavy atom. The van der Waals surface area contributed by atoms with E-state index in [0.717, 1.165) is 67.6 Å². The minimum absolute atomic E-state index is 0.0495. The number of aliphatic imine (C=N–C) groups is 1. The number of benzene rings is 3. The maximum atomic E-state index is 13.5. The molecular formula is C45H55N6O10PS. The van der Waals surface area contributed by atoms with Gasteiger partial charge in [-0.2, -0.15) is 0 Å². The zero-order chi connectivity index (χ0) is 43.6. The number of hydrogen-bond acceptors (Lipinski definition) is 14. The fourth-order valence-corrected chi connectivity index (χ4v) is 14.7. The van der Waals surface area contributed by atoms with Gasteiger partial charge in [-0.3, -0.25) is 0 Å². The monoisotopic (exact) mass is 902 g/mol.